The second-order valence-corrected chi connectivity index (χ2v) is 3.63. The van der Waals surface area contributed by atoms with Gasteiger partial charge in [-0.1, -0.05) is 42.3 Å². The van der Waals surface area contributed by atoms with Crippen molar-refractivity contribution in [3.63, 3.8) is 0 Å². The molecule has 1 aromatic carbocycles. The fourth-order valence-electron chi connectivity index (χ4n) is 1.13. The summed E-state index contributed by atoms with van der Waals surface area (Å²) in [7, 11) is 0. The van der Waals surface area contributed by atoms with Gasteiger partial charge in [0.1, 0.15) is 6.29 Å². The van der Waals surface area contributed by atoms with Gasteiger partial charge >= 0.3 is 0 Å². The molecule has 3 heteroatoms. The van der Waals surface area contributed by atoms with E-state index in [1.165, 1.54) is 0 Å². The predicted molar refractivity (Wildman–Crippen MR) is 60.8 cm³/mol. The second-order valence-electron chi connectivity index (χ2n) is 2.81. The number of carbonyl (C=O) groups excluding carboxylic acids is 1. The first-order valence-corrected chi connectivity index (χ1v) is 5.05. The summed E-state index contributed by atoms with van der Waals surface area (Å²) in [5, 5.41) is 0.963. The van der Waals surface area contributed by atoms with Crippen LogP contribution in [0.3, 0.4) is 0 Å². The Kier molecular flexibility index (Phi) is 4.18. The number of halogens is 2. The third kappa shape index (κ3) is 2.60. The maximum atomic E-state index is 10.7. The van der Waals surface area contributed by atoms with Gasteiger partial charge in [0.2, 0.25) is 0 Å². The third-order valence-electron chi connectivity index (χ3n) is 1.80. The molecule has 0 fully saturated rings. The zero-order chi connectivity index (χ0) is 10.6. The summed E-state index contributed by atoms with van der Waals surface area (Å²) in [6.45, 7) is 1.97. The molecule has 0 bridgehead atoms. The predicted octanol–water partition coefficient (Wildman–Crippen LogP) is 3.99. The molecule has 0 aliphatic carbocycles. The van der Waals surface area contributed by atoms with Crippen LogP contribution >= 0.6 is 23.2 Å². The summed E-state index contributed by atoms with van der Waals surface area (Å²) < 4.78 is 0. The topological polar surface area (TPSA) is 17.1 Å². The normalized spacial score (nSPS) is 11.5. The van der Waals surface area contributed by atoms with Crippen molar-refractivity contribution in [1.29, 1.82) is 0 Å². The minimum Gasteiger partial charge on any atom is -0.298 e. The van der Waals surface area contributed by atoms with Crippen LogP contribution < -0.4 is 0 Å². The van der Waals surface area contributed by atoms with E-state index in [0.29, 0.717) is 15.6 Å². The number of allylic oxidation sites excluding steroid dienone is 2. The SMILES string of the molecule is CCC=C(C=O)c1ccc(Cl)c(Cl)c1. The highest BCUT2D eigenvalue weighted by Gasteiger charge is 2.02. The number of benzene rings is 1. The van der Waals surface area contributed by atoms with Crippen LogP contribution in [0, 0.1) is 0 Å². The molecule has 0 heterocycles. The van der Waals surface area contributed by atoms with Gasteiger partial charge in [-0.25, -0.2) is 0 Å². The molecular formula is C11H10Cl2O. The van der Waals surface area contributed by atoms with Crippen LogP contribution in [0.15, 0.2) is 24.3 Å². The lowest BCUT2D eigenvalue weighted by molar-refractivity contribution is -0.103. The Morgan fingerprint density at radius 2 is 2.07 bits per heavy atom. The van der Waals surface area contributed by atoms with Gasteiger partial charge in [0.15, 0.2) is 0 Å². The standard InChI is InChI=1S/C11H10Cl2O/c1-2-3-9(7-14)8-4-5-10(12)11(13)6-8/h3-7H,2H2,1H3. The Bertz CT molecular complexity index is 370. The highest BCUT2D eigenvalue weighted by molar-refractivity contribution is 6.42. The molecule has 1 aromatic rings. The molecule has 0 aromatic heterocycles. The van der Waals surface area contributed by atoms with Gasteiger partial charge in [-0.05, 0) is 24.1 Å². The van der Waals surface area contributed by atoms with Gasteiger partial charge in [0.05, 0.1) is 10.0 Å². The van der Waals surface area contributed by atoms with E-state index in [2.05, 4.69) is 0 Å². The van der Waals surface area contributed by atoms with E-state index in [1.807, 2.05) is 13.0 Å². The van der Waals surface area contributed by atoms with Crippen LogP contribution in [0.1, 0.15) is 18.9 Å². The molecule has 0 amide bonds. The van der Waals surface area contributed by atoms with E-state index < -0.39 is 0 Å². The average Bonchev–Trinajstić information content (AvgIpc) is 2.19. The lowest BCUT2D eigenvalue weighted by atomic mass is 10.1. The van der Waals surface area contributed by atoms with Gasteiger partial charge < -0.3 is 0 Å². The Morgan fingerprint density at radius 1 is 1.36 bits per heavy atom. The smallest absolute Gasteiger partial charge is 0.150 e. The van der Waals surface area contributed by atoms with Crippen LogP contribution in [-0.4, -0.2) is 6.29 Å². The van der Waals surface area contributed by atoms with Gasteiger partial charge in [-0.3, -0.25) is 4.79 Å². The molecule has 0 aliphatic rings. The fourth-order valence-corrected chi connectivity index (χ4v) is 1.43. The molecule has 14 heavy (non-hydrogen) atoms. The van der Waals surface area contributed by atoms with Crippen molar-refractivity contribution in [1.82, 2.24) is 0 Å². The zero-order valence-electron chi connectivity index (χ0n) is 7.76. The second kappa shape index (κ2) is 5.18. The molecule has 0 atom stereocenters. The van der Waals surface area contributed by atoms with Gasteiger partial charge in [0, 0.05) is 5.57 Å². The molecular weight excluding hydrogens is 219 g/mol. The number of aldehydes is 1. The van der Waals surface area contributed by atoms with Crippen molar-refractivity contribution < 1.29 is 4.79 Å². The summed E-state index contributed by atoms with van der Waals surface area (Å²) in [5.74, 6) is 0. The van der Waals surface area contributed by atoms with Gasteiger partial charge in [0.25, 0.3) is 0 Å². The van der Waals surface area contributed by atoms with Crippen molar-refractivity contribution in [2.24, 2.45) is 0 Å². The largest absolute Gasteiger partial charge is 0.298 e. The van der Waals surface area contributed by atoms with E-state index in [-0.39, 0.29) is 0 Å². The Balaban J connectivity index is 3.12. The van der Waals surface area contributed by atoms with Crippen LogP contribution in [-0.2, 0) is 4.79 Å². The van der Waals surface area contributed by atoms with E-state index in [1.54, 1.807) is 18.2 Å². The van der Waals surface area contributed by atoms with E-state index in [4.69, 9.17) is 23.2 Å². The van der Waals surface area contributed by atoms with Gasteiger partial charge in [-0.2, -0.15) is 0 Å². The van der Waals surface area contributed by atoms with Gasteiger partial charge in [-0.15, -0.1) is 0 Å². The maximum absolute atomic E-state index is 10.7. The average molecular weight is 229 g/mol. The summed E-state index contributed by atoms with van der Waals surface area (Å²) in [5.41, 5.74) is 1.45. The molecule has 0 radical (unpaired) electrons. The highest BCUT2D eigenvalue weighted by atomic mass is 35.5. The summed E-state index contributed by atoms with van der Waals surface area (Å²) in [4.78, 5) is 10.7. The van der Waals surface area contributed by atoms with Crippen LogP contribution in [0.25, 0.3) is 5.57 Å². The van der Waals surface area contributed by atoms with Crippen LogP contribution in [0.5, 0.6) is 0 Å². The fraction of sp³-hybridized carbons (Fsp3) is 0.182. The lowest BCUT2D eigenvalue weighted by Gasteiger charge is -2.01. The zero-order valence-corrected chi connectivity index (χ0v) is 9.27. The molecule has 0 saturated carbocycles. The molecule has 0 N–H and O–H groups in total. The number of hydrogen-bond donors (Lipinski definition) is 0. The molecule has 1 rings (SSSR count). The lowest BCUT2D eigenvalue weighted by Crippen LogP contribution is -1.85. The number of hydrogen-bond acceptors (Lipinski definition) is 1. The van der Waals surface area contributed by atoms with Crippen molar-refractivity contribution in [2.45, 2.75) is 13.3 Å². The third-order valence-corrected chi connectivity index (χ3v) is 2.54. The molecule has 0 aliphatic heterocycles. The summed E-state index contributed by atoms with van der Waals surface area (Å²) in [6, 6.07) is 5.16. The molecule has 74 valence electrons. The summed E-state index contributed by atoms with van der Waals surface area (Å²) in [6.07, 6.45) is 3.49. The number of rotatable bonds is 3. The van der Waals surface area contributed by atoms with E-state index in [0.717, 1.165) is 18.3 Å². The summed E-state index contributed by atoms with van der Waals surface area (Å²) >= 11 is 11.6. The number of carbonyl (C=O) groups is 1. The van der Waals surface area contributed by atoms with E-state index in [9.17, 15) is 4.79 Å². The van der Waals surface area contributed by atoms with Crippen molar-refractivity contribution in [3.05, 3.63) is 39.9 Å². The molecule has 0 saturated heterocycles. The first-order chi connectivity index (χ1) is 6.69. The maximum Gasteiger partial charge on any atom is 0.150 e. The Hall–Kier alpha value is -0.790. The first-order valence-electron chi connectivity index (χ1n) is 4.29. The van der Waals surface area contributed by atoms with E-state index >= 15 is 0 Å². The van der Waals surface area contributed by atoms with Crippen LogP contribution in [0.2, 0.25) is 10.0 Å². The minimum absolute atomic E-state index is 0.466. The highest BCUT2D eigenvalue weighted by Crippen LogP contribution is 2.25. The molecule has 0 unspecified atom stereocenters. The van der Waals surface area contributed by atoms with Crippen LogP contribution in [0.4, 0.5) is 0 Å². The first kappa shape index (κ1) is 11.3. The molecule has 1 nitrogen and oxygen atoms in total. The van der Waals surface area contributed by atoms with Crippen molar-refractivity contribution >= 4 is 35.1 Å². The molecule has 0 spiro atoms. The monoisotopic (exact) mass is 228 g/mol. The van der Waals surface area contributed by atoms with Crippen molar-refractivity contribution in [2.75, 3.05) is 0 Å². The Morgan fingerprint density at radius 3 is 2.57 bits per heavy atom. The quantitative estimate of drug-likeness (QED) is 0.565. The Labute approximate surface area is 93.3 Å². The minimum atomic E-state index is 0.466. The van der Waals surface area contributed by atoms with Crippen molar-refractivity contribution in [3.8, 4) is 0 Å².